The molecule has 2 saturated heterocycles. The Morgan fingerprint density at radius 2 is 1.94 bits per heavy atom. The van der Waals surface area contributed by atoms with Crippen LogP contribution in [0.15, 0.2) is 42.6 Å². The second kappa shape index (κ2) is 9.64. The van der Waals surface area contributed by atoms with Gasteiger partial charge >= 0.3 is 0 Å². The van der Waals surface area contributed by atoms with Crippen molar-refractivity contribution < 1.29 is 9.59 Å². The van der Waals surface area contributed by atoms with Crippen molar-refractivity contribution in [1.82, 2.24) is 14.8 Å². The number of anilines is 1. The number of benzene rings is 1. The van der Waals surface area contributed by atoms with Gasteiger partial charge in [-0.15, -0.1) is 0 Å². The van der Waals surface area contributed by atoms with Crippen molar-refractivity contribution >= 4 is 17.5 Å². The van der Waals surface area contributed by atoms with Crippen molar-refractivity contribution in [2.24, 2.45) is 5.92 Å². The summed E-state index contributed by atoms with van der Waals surface area (Å²) in [7, 11) is 1.93. The van der Waals surface area contributed by atoms with Crippen LogP contribution >= 0.6 is 0 Å². The summed E-state index contributed by atoms with van der Waals surface area (Å²) in [5, 5.41) is 0. The fraction of sp³-hybridized carbons (Fsp3) is 0.519. The largest absolute Gasteiger partial charge is 0.342 e. The van der Waals surface area contributed by atoms with Gasteiger partial charge in [-0.3, -0.25) is 14.6 Å². The third-order valence-corrected chi connectivity index (χ3v) is 7.73. The third kappa shape index (κ3) is 4.81. The van der Waals surface area contributed by atoms with Gasteiger partial charge in [-0.25, -0.2) is 0 Å². The number of amides is 2. The lowest BCUT2D eigenvalue weighted by atomic mass is 10.00. The van der Waals surface area contributed by atoms with E-state index in [1.54, 1.807) is 0 Å². The molecule has 1 aromatic heterocycles. The number of pyridine rings is 1. The molecular formula is C27H34N4O2. The van der Waals surface area contributed by atoms with Gasteiger partial charge in [0, 0.05) is 69.7 Å². The highest BCUT2D eigenvalue weighted by atomic mass is 16.2. The maximum Gasteiger partial charge on any atom is 0.228 e. The van der Waals surface area contributed by atoms with Crippen LogP contribution in [0.5, 0.6) is 0 Å². The number of aryl methyl sites for hydroxylation is 2. The molecule has 33 heavy (non-hydrogen) atoms. The number of hydrogen-bond acceptors (Lipinski definition) is 4. The fourth-order valence-corrected chi connectivity index (χ4v) is 5.67. The first-order valence-corrected chi connectivity index (χ1v) is 12.4. The summed E-state index contributed by atoms with van der Waals surface area (Å²) in [5.74, 6) is -0.0408. The molecular weight excluding hydrogens is 412 g/mol. The van der Waals surface area contributed by atoms with Crippen LogP contribution < -0.4 is 4.90 Å². The summed E-state index contributed by atoms with van der Waals surface area (Å²) in [5.41, 5.74) is 4.86. The smallest absolute Gasteiger partial charge is 0.228 e. The van der Waals surface area contributed by atoms with E-state index >= 15 is 0 Å². The summed E-state index contributed by atoms with van der Waals surface area (Å²) >= 11 is 0. The molecule has 1 aromatic carbocycles. The van der Waals surface area contributed by atoms with Gasteiger partial charge in [0.2, 0.25) is 11.8 Å². The van der Waals surface area contributed by atoms with Crippen molar-refractivity contribution in [2.45, 2.75) is 51.0 Å². The Labute approximate surface area is 196 Å². The Morgan fingerprint density at radius 1 is 1.12 bits per heavy atom. The lowest BCUT2D eigenvalue weighted by Crippen LogP contribution is -2.48. The maximum absolute atomic E-state index is 13.3. The second-order valence-corrected chi connectivity index (χ2v) is 9.80. The summed E-state index contributed by atoms with van der Waals surface area (Å²) in [6.07, 6.45) is 8.53. The predicted octanol–water partition coefficient (Wildman–Crippen LogP) is 3.09. The van der Waals surface area contributed by atoms with Crippen molar-refractivity contribution in [3.8, 4) is 0 Å². The van der Waals surface area contributed by atoms with Gasteiger partial charge in [0.15, 0.2) is 0 Å². The molecule has 1 aliphatic carbocycles. The normalized spacial score (nSPS) is 21.4. The molecule has 6 nitrogen and oxygen atoms in total. The van der Waals surface area contributed by atoms with Crippen LogP contribution in [0.4, 0.5) is 5.69 Å². The quantitative estimate of drug-likeness (QED) is 0.684. The number of hydrogen-bond donors (Lipinski definition) is 0. The van der Waals surface area contributed by atoms with E-state index in [0.29, 0.717) is 13.0 Å². The molecule has 2 aromatic rings. The molecule has 0 bridgehead atoms. The summed E-state index contributed by atoms with van der Waals surface area (Å²) < 4.78 is 0. The first-order chi connectivity index (χ1) is 16.1. The summed E-state index contributed by atoms with van der Waals surface area (Å²) in [6, 6.07) is 12.7. The number of likely N-dealkylation sites (tertiary alicyclic amines) is 1. The second-order valence-electron chi connectivity index (χ2n) is 9.80. The van der Waals surface area contributed by atoms with Crippen molar-refractivity contribution in [1.29, 1.82) is 0 Å². The number of aromatic nitrogens is 1. The van der Waals surface area contributed by atoms with E-state index in [0.717, 1.165) is 63.1 Å². The van der Waals surface area contributed by atoms with E-state index < -0.39 is 0 Å². The van der Waals surface area contributed by atoms with Gasteiger partial charge < -0.3 is 14.7 Å². The van der Waals surface area contributed by atoms with Gasteiger partial charge in [0.05, 0.1) is 5.92 Å². The highest BCUT2D eigenvalue weighted by molar-refractivity contribution is 6.00. The van der Waals surface area contributed by atoms with Crippen LogP contribution in [-0.4, -0.2) is 65.9 Å². The van der Waals surface area contributed by atoms with Crippen molar-refractivity contribution in [2.75, 3.05) is 38.1 Å². The molecule has 2 amide bonds. The third-order valence-electron chi connectivity index (χ3n) is 7.73. The lowest BCUT2D eigenvalue weighted by molar-refractivity contribution is -0.137. The molecule has 0 spiro atoms. The molecule has 5 rings (SSSR count). The topological polar surface area (TPSA) is 56.8 Å². The number of carbonyl (C=O) groups excluding carboxylic acids is 2. The number of carbonyl (C=O) groups is 2. The average molecular weight is 447 g/mol. The van der Waals surface area contributed by atoms with E-state index in [9.17, 15) is 9.59 Å². The number of fused-ring (bicyclic) bond motifs is 1. The molecule has 174 valence electrons. The molecule has 1 atom stereocenters. The number of rotatable bonds is 6. The van der Waals surface area contributed by atoms with Crippen molar-refractivity contribution in [3.05, 3.63) is 59.4 Å². The zero-order valence-electron chi connectivity index (χ0n) is 19.6. The maximum atomic E-state index is 13.3. The first kappa shape index (κ1) is 22.1. The molecule has 0 radical (unpaired) electrons. The molecule has 2 aliphatic heterocycles. The fourth-order valence-electron chi connectivity index (χ4n) is 5.67. The van der Waals surface area contributed by atoms with E-state index in [1.165, 1.54) is 17.5 Å². The lowest BCUT2D eigenvalue weighted by Gasteiger charge is -2.37. The molecule has 0 saturated carbocycles. The zero-order chi connectivity index (χ0) is 22.8. The molecule has 0 N–H and O–H groups in total. The van der Waals surface area contributed by atoms with Crippen LogP contribution in [0.2, 0.25) is 0 Å². The molecule has 3 heterocycles. The highest BCUT2D eigenvalue weighted by Crippen LogP contribution is 2.31. The molecule has 6 heteroatoms. The van der Waals surface area contributed by atoms with Crippen molar-refractivity contribution in [3.63, 3.8) is 0 Å². The van der Waals surface area contributed by atoms with Gasteiger partial charge in [0.1, 0.15) is 0 Å². The van der Waals surface area contributed by atoms with Gasteiger partial charge in [-0.05, 0) is 67.5 Å². The van der Waals surface area contributed by atoms with E-state index in [1.807, 2.05) is 35.2 Å². The molecule has 2 fully saturated rings. The van der Waals surface area contributed by atoms with Gasteiger partial charge in [0.25, 0.3) is 0 Å². The Bertz CT molecular complexity index is 1000. The first-order valence-electron chi connectivity index (χ1n) is 12.4. The SMILES string of the molecule is CN(C(=O)C1CC(=O)N(c2ccc3c(c2)CCC3)C1)C1CCN(CCc2ccccn2)CC1. The standard InChI is InChI=1S/C27H34N4O2/c1-29(24-11-15-30(16-12-24)14-10-23-7-2-3-13-28-23)27(33)22-18-26(32)31(19-22)25-9-8-20-5-4-6-21(20)17-25/h2-3,7-9,13,17,22,24H,4-6,10-12,14-16,18-19H2,1H3. The minimum absolute atomic E-state index is 0.0732. The number of piperidine rings is 1. The molecule has 1 unspecified atom stereocenters. The van der Waals surface area contributed by atoms with E-state index in [4.69, 9.17) is 0 Å². The predicted molar refractivity (Wildman–Crippen MR) is 129 cm³/mol. The Hall–Kier alpha value is -2.73. The average Bonchev–Trinajstić information content (AvgIpc) is 3.48. The van der Waals surface area contributed by atoms with Gasteiger partial charge in [-0.2, -0.15) is 0 Å². The van der Waals surface area contributed by atoms with Crippen LogP contribution in [0.3, 0.4) is 0 Å². The Balaban J connectivity index is 1.13. The van der Waals surface area contributed by atoms with E-state index in [-0.39, 0.29) is 23.8 Å². The monoisotopic (exact) mass is 446 g/mol. The summed E-state index contributed by atoms with van der Waals surface area (Å²) in [4.78, 5) is 36.7. The zero-order valence-corrected chi connectivity index (χ0v) is 19.6. The Morgan fingerprint density at radius 3 is 2.73 bits per heavy atom. The van der Waals surface area contributed by atoms with Gasteiger partial charge in [-0.1, -0.05) is 12.1 Å². The highest BCUT2D eigenvalue weighted by Gasteiger charge is 2.38. The summed E-state index contributed by atoms with van der Waals surface area (Å²) in [6.45, 7) is 3.51. The Kier molecular flexibility index (Phi) is 6.45. The number of nitrogens with zero attached hydrogens (tertiary/aromatic N) is 4. The van der Waals surface area contributed by atoms with Crippen LogP contribution in [0, 0.1) is 5.92 Å². The minimum atomic E-state index is -0.238. The minimum Gasteiger partial charge on any atom is -0.342 e. The molecule has 3 aliphatic rings. The van der Waals surface area contributed by atoms with Crippen LogP contribution in [0.1, 0.15) is 42.5 Å². The van der Waals surface area contributed by atoms with Crippen LogP contribution in [-0.2, 0) is 28.9 Å². The van der Waals surface area contributed by atoms with E-state index in [2.05, 4.69) is 34.1 Å². The van der Waals surface area contributed by atoms with Crippen LogP contribution in [0.25, 0.3) is 0 Å².